The molecule has 0 radical (unpaired) electrons. The topological polar surface area (TPSA) is 40.5 Å². The Morgan fingerprint density at radius 1 is 1.50 bits per heavy atom. The lowest BCUT2D eigenvalue weighted by Gasteiger charge is -2.23. The van der Waals surface area contributed by atoms with Gasteiger partial charge in [-0.05, 0) is 26.8 Å². The number of carbonyl (C=O) groups excluding carboxylic acids is 1. The predicted octanol–water partition coefficient (Wildman–Crippen LogP) is 1.06. The Bertz CT molecular complexity index is 188. The van der Waals surface area contributed by atoms with Crippen molar-refractivity contribution in [3.05, 3.63) is 0 Å². The molecule has 1 fully saturated rings. The van der Waals surface area contributed by atoms with Gasteiger partial charge in [-0.1, -0.05) is 12.8 Å². The molecule has 1 N–H and O–H groups in total. The maximum absolute atomic E-state index is 11.8. The summed E-state index contributed by atoms with van der Waals surface area (Å²) in [5.41, 5.74) is 0. The minimum atomic E-state index is 0.0837. The van der Waals surface area contributed by atoms with Crippen molar-refractivity contribution in [2.45, 2.75) is 38.6 Å². The van der Waals surface area contributed by atoms with E-state index in [1.807, 2.05) is 18.9 Å². The Labute approximate surface area is 86.1 Å². The number of carbonyl (C=O) groups is 1. The van der Waals surface area contributed by atoms with Crippen LogP contribution in [0.5, 0.6) is 0 Å². The van der Waals surface area contributed by atoms with Gasteiger partial charge in [-0.25, -0.2) is 0 Å². The summed E-state index contributed by atoms with van der Waals surface area (Å²) in [5, 5.41) is 8.93. The Morgan fingerprint density at radius 2 is 2.07 bits per heavy atom. The number of hydrogen-bond acceptors (Lipinski definition) is 3. The Morgan fingerprint density at radius 3 is 2.57 bits per heavy atom. The normalized spacial score (nSPS) is 20.3. The van der Waals surface area contributed by atoms with Gasteiger partial charge in [0.2, 0.25) is 0 Å². The lowest BCUT2D eigenvalue weighted by Crippen LogP contribution is -2.37. The van der Waals surface area contributed by atoms with Gasteiger partial charge in [0, 0.05) is 12.0 Å². The molecule has 1 rings (SSSR count). The minimum absolute atomic E-state index is 0.0837. The molecule has 0 aliphatic heterocycles. The third-order valence-electron chi connectivity index (χ3n) is 3.23. The molecule has 1 atom stereocenters. The highest BCUT2D eigenvalue weighted by Crippen LogP contribution is 2.25. The highest BCUT2D eigenvalue weighted by Gasteiger charge is 2.24. The van der Waals surface area contributed by atoms with E-state index in [0.29, 0.717) is 18.2 Å². The van der Waals surface area contributed by atoms with Crippen LogP contribution in [0.1, 0.15) is 32.6 Å². The van der Waals surface area contributed by atoms with Crippen molar-refractivity contribution >= 4 is 5.78 Å². The first-order valence-corrected chi connectivity index (χ1v) is 5.49. The summed E-state index contributed by atoms with van der Waals surface area (Å²) in [7, 11) is 1.90. The van der Waals surface area contributed by atoms with Gasteiger partial charge in [0.05, 0.1) is 13.2 Å². The van der Waals surface area contributed by atoms with Gasteiger partial charge in [0.25, 0.3) is 0 Å². The van der Waals surface area contributed by atoms with E-state index in [1.165, 1.54) is 12.8 Å². The summed E-state index contributed by atoms with van der Waals surface area (Å²) in [6, 6.07) is 0.0837. The lowest BCUT2D eigenvalue weighted by atomic mass is 10.0. The van der Waals surface area contributed by atoms with Crippen molar-refractivity contribution in [2.75, 3.05) is 20.2 Å². The van der Waals surface area contributed by atoms with Crippen LogP contribution < -0.4 is 0 Å². The molecule has 14 heavy (non-hydrogen) atoms. The monoisotopic (exact) mass is 199 g/mol. The second kappa shape index (κ2) is 5.47. The SMILES string of the molecule is CC(CO)N(C)CC(=O)C1CCCC1. The van der Waals surface area contributed by atoms with E-state index >= 15 is 0 Å². The standard InChI is InChI=1S/C11H21NO2/c1-9(8-13)12(2)7-11(14)10-5-3-4-6-10/h9-10,13H,3-8H2,1-2H3. The second-order valence-electron chi connectivity index (χ2n) is 4.39. The quantitative estimate of drug-likeness (QED) is 0.719. The van der Waals surface area contributed by atoms with Gasteiger partial charge < -0.3 is 5.11 Å². The molecule has 0 spiro atoms. The van der Waals surface area contributed by atoms with E-state index in [9.17, 15) is 4.79 Å². The molecule has 0 amide bonds. The second-order valence-corrected chi connectivity index (χ2v) is 4.39. The maximum Gasteiger partial charge on any atom is 0.149 e. The zero-order valence-electron chi connectivity index (χ0n) is 9.20. The molecule has 82 valence electrons. The molecule has 0 aromatic rings. The molecule has 0 aromatic carbocycles. The van der Waals surface area contributed by atoms with E-state index in [4.69, 9.17) is 5.11 Å². The summed E-state index contributed by atoms with van der Waals surface area (Å²) in [6.07, 6.45) is 4.55. The molecule has 0 heterocycles. The molecule has 3 heteroatoms. The first kappa shape index (κ1) is 11.7. The smallest absolute Gasteiger partial charge is 0.149 e. The highest BCUT2D eigenvalue weighted by atomic mass is 16.3. The fraction of sp³-hybridized carbons (Fsp3) is 0.909. The number of aliphatic hydroxyl groups is 1. The van der Waals surface area contributed by atoms with Crippen molar-refractivity contribution in [3.63, 3.8) is 0 Å². The minimum Gasteiger partial charge on any atom is -0.395 e. The molecule has 1 unspecified atom stereocenters. The fourth-order valence-corrected chi connectivity index (χ4v) is 1.92. The van der Waals surface area contributed by atoms with Crippen LogP contribution in [0.3, 0.4) is 0 Å². The van der Waals surface area contributed by atoms with Gasteiger partial charge in [-0.2, -0.15) is 0 Å². The molecular formula is C11H21NO2. The van der Waals surface area contributed by atoms with Crippen molar-refractivity contribution < 1.29 is 9.90 Å². The third-order valence-corrected chi connectivity index (χ3v) is 3.23. The van der Waals surface area contributed by atoms with Gasteiger partial charge in [0.1, 0.15) is 5.78 Å². The van der Waals surface area contributed by atoms with Gasteiger partial charge in [0.15, 0.2) is 0 Å². The zero-order chi connectivity index (χ0) is 10.6. The largest absolute Gasteiger partial charge is 0.395 e. The van der Waals surface area contributed by atoms with Crippen LogP contribution in [-0.2, 0) is 4.79 Å². The number of ketones is 1. The first-order chi connectivity index (χ1) is 6.65. The summed E-state index contributed by atoms with van der Waals surface area (Å²) >= 11 is 0. The number of nitrogens with zero attached hydrogens (tertiary/aromatic N) is 1. The third kappa shape index (κ3) is 3.07. The van der Waals surface area contributed by atoms with Crippen LogP contribution in [0.15, 0.2) is 0 Å². The van der Waals surface area contributed by atoms with E-state index in [1.54, 1.807) is 0 Å². The van der Waals surface area contributed by atoms with Gasteiger partial charge in [-0.15, -0.1) is 0 Å². The van der Waals surface area contributed by atoms with Crippen LogP contribution in [0, 0.1) is 5.92 Å². The van der Waals surface area contributed by atoms with Gasteiger partial charge in [-0.3, -0.25) is 9.69 Å². The molecule has 0 bridgehead atoms. The average molecular weight is 199 g/mol. The number of hydrogen-bond donors (Lipinski definition) is 1. The Kier molecular flexibility index (Phi) is 4.55. The van der Waals surface area contributed by atoms with E-state index in [2.05, 4.69) is 0 Å². The fourth-order valence-electron chi connectivity index (χ4n) is 1.92. The van der Waals surface area contributed by atoms with E-state index < -0.39 is 0 Å². The summed E-state index contributed by atoms with van der Waals surface area (Å²) in [4.78, 5) is 13.7. The Balaban J connectivity index is 2.31. The number of aliphatic hydroxyl groups excluding tert-OH is 1. The molecular weight excluding hydrogens is 178 g/mol. The number of rotatable bonds is 5. The van der Waals surface area contributed by atoms with Crippen LogP contribution >= 0.6 is 0 Å². The van der Waals surface area contributed by atoms with Crippen molar-refractivity contribution in [1.82, 2.24) is 4.90 Å². The lowest BCUT2D eigenvalue weighted by molar-refractivity contribution is -0.124. The summed E-state index contributed by atoms with van der Waals surface area (Å²) in [5.74, 6) is 0.647. The molecule has 3 nitrogen and oxygen atoms in total. The Hall–Kier alpha value is -0.410. The number of Topliss-reactive ketones (excluding diaryl/α,β-unsaturated/α-hetero) is 1. The zero-order valence-corrected chi connectivity index (χ0v) is 9.20. The molecule has 1 aliphatic rings. The molecule has 1 saturated carbocycles. The van der Waals surface area contributed by atoms with Crippen LogP contribution in [0.2, 0.25) is 0 Å². The molecule has 0 aromatic heterocycles. The number of likely N-dealkylation sites (N-methyl/N-ethyl adjacent to an activating group) is 1. The molecule has 0 saturated heterocycles. The van der Waals surface area contributed by atoms with Gasteiger partial charge >= 0.3 is 0 Å². The average Bonchev–Trinajstić information content (AvgIpc) is 2.69. The maximum atomic E-state index is 11.8. The van der Waals surface area contributed by atoms with E-state index in [0.717, 1.165) is 12.8 Å². The summed E-state index contributed by atoms with van der Waals surface area (Å²) < 4.78 is 0. The van der Waals surface area contributed by atoms with Crippen LogP contribution in [0.25, 0.3) is 0 Å². The van der Waals surface area contributed by atoms with Crippen LogP contribution in [0.4, 0.5) is 0 Å². The van der Waals surface area contributed by atoms with Crippen molar-refractivity contribution in [3.8, 4) is 0 Å². The van der Waals surface area contributed by atoms with Crippen molar-refractivity contribution in [1.29, 1.82) is 0 Å². The highest BCUT2D eigenvalue weighted by molar-refractivity contribution is 5.83. The molecule has 1 aliphatic carbocycles. The summed E-state index contributed by atoms with van der Waals surface area (Å²) in [6.45, 7) is 2.54. The van der Waals surface area contributed by atoms with Crippen molar-refractivity contribution in [2.24, 2.45) is 5.92 Å². The van der Waals surface area contributed by atoms with E-state index in [-0.39, 0.29) is 12.6 Å². The predicted molar refractivity (Wildman–Crippen MR) is 56.1 cm³/mol. The van der Waals surface area contributed by atoms with Crippen LogP contribution in [-0.4, -0.2) is 42.0 Å². The first-order valence-electron chi connectivity index (χ1n) is 5.49.